The number of hydrogen-bond donors (Lipinski definition) is 0. The molecule has 9 aromatic carbocycles. The number of rotatable bonds is 7. The van der Waals surface area contributed by atoms with Crippen molar-refractivity contribution in [3.05, 3.63) is 224 Å². The fourth-order valence-electron chi connectivity index (χ4n) is 9.24. The van der Waals surface area contributed by atoms with E-state index in [9.17, 15) is 0 Å². The molecule has 290 valence electrons. The molecule has 0 amide bonds. The molecule has 0 N–H and O–H groups in total. The third kappa shape index (κ3) is 5.82. The van der Waals surface area contributed by atoms with Gasteiger partial charge in [0.15, 0.2) is 11.6 Å². The highest BCUT2D eigenvalue weighted by molar-refractivity contribution is 6.19. The van der Waals surface area contributed by atoms with Crippen LogP contribution in [-0.4, -0.2) is 24.1 Å². The van der Waals surface area contributed by atoms with E-state index in [-0.39, 0.29) is 0 Å². The molecule has 5 heteroatoms. The number of nitrogens with zero attached hydrogens (tertiary/aromatic N) is 5. The fourth-order valence-corrected chi connectivity index (χ4v) is 9.24. The van der Waals surface area contributed by atoms with E-state index in [0.29, 0.717) is 17.6 Å². The van der Waals surface area contributed by atoms with Gasteiger partial charge in [0.1, 0.15) is 0 Å². The molecule has 3 heterocycles. The number of hydrogen-bond acceptors (Lipinski definition) is 3. The molecule has 5 nitrogen and oxygen atoms in total. The van der Waals surface area contributed by atoms with E-state index >= 15 is 0 Å². The van der Waals surface area contributed by atoms with E-state index in [1.807, 2.05) is 12.1 Å². The van der Waals surface area contributed by atoms with Gasteiger partial charge in [0.2, 0.25) is 5.95 Å². The van der Waals surface area contributed by atoms with Crippen LogP contribution in [0.15, 0.2) is 224 Å². The van der Waals surface area contributed by atoms with Crippen molar-refractivity contribution in [2.75, 3.05) is 0 Å². The van der Waals surface area contributed by atoms with E-state index < -0.39 is 0 Å². The van der Waals surface area contributed by atoms with Gasteiger partial charge in [-0.2, -0.15) is 9.97 Å². The van der Waals surface area contributed by atoms with E-state index in [0.717, 1.165) is 77.5 Å². The van der Waals surface area contributed by atoms with Crippen LogP contribution in [0, 0.1) is 0 Å². The molecule has 0 atom stereocenters. The summed E-state index contributed by atoms with van der Waals surface area (Å²) < 4.78 is 4.66. The van der Waals surface area contributed by atoms with Gasteiger partial charge in [0.25, 0.3) is 0 Å². The lowest BCUT2D eigenvalue weighted by molar-refractivity contribution is 0.954. The van der Waals surface area contributed by atoms with Crippen LogP contribution < -0.4 is 0 Å². The van der Waals surface area contributed by atoms with Gasteiger partial charge in [-0.25, -0.2) is 4.98 Å². The van der Waals surface area contributed by atoms with Crippen molar-refractivity contribution in [2.24, 2.45) is 0 Å². The molecule has 0 saturated carbocycles. The van der Waals surface area contributed by atoms with Crippen LogP contribution in [0.2, 0.25) is 0 Å². The standard InChI is InChI=1S/C57H37N5/c1-4-20-38(21-5-1)41-26-10-12-31-46(41)55-58-56(47-32-13-11-27-42(47)39-22-6-2-7-23-39)60-57(59-55)62-52-35-19-16-30-45(52)49-36-48-44-29-15-18-34-51(44)61(53(48)37-54(49)62)50-33-17-14-28-43(50)40-24-8-3-9-25-40/h1-37H. The van der Waals surface area contributed by atoms with Crippen molar-refractivity contribution in [2.45, 2.75) is 0 Å². The van der Waals surface area contributed by atoms with Crippen molar-refractivity contribution < 1.29 is 0 Å². The zero-order valence-corrected chi connectivity index (χ0v) is 33.6. The predicted molar refractivity (Wildman–Crippen MR) is 256 cm³/mol. The van der Waals surface area contributed by atoms with E-state index in [4.69, 9.17) is 15.0 Å². The second kappa shape index (κ2) is 14.7. The van der Waals surface area contributed by atoms with Crippen LogP contribution in [0.4, 0.5) is 0 Å². The second-order valence-electron chi connectivity index (χ2n) is 15.6. The van der Waals surface area contributed by atoms with Gasteiger partial charge in [-0.15, -0.1) is 0 Å². The lowest BCUT2D eigenvalue weighted by atomic mass is 9.98. The third-order valence-corrected chi connectivity index (χ3v) is 12.0. The maximum absolute atomic E-state index is 5.45. The summed E-state index contributed by atoms with van der Waals surface area (Å²) >= 11 is 0. The topological polar surface area (TPSA) is 48.5 Å². The number of benzene rings is 9. The lowest BCUT2D eigenvalue weighted by Crippen LogP contribution is -2.07. The van der Waals surface area contributed by atoms with E-state index in [1.165, 1.54) is 16.3 Å². The van der Waals surface area contributed by atoms with Gasteiger partial charge in [-0.05, 0) is 58.1 Å². The first-order valence-electron chi connectivity index (χ1n) is 21.0. The van der Waals surface area contributed by atoms with Gasteiger partial charge in [0.05, 0.1) is 27.8 Å². The van der Waals surface area contributed by atoms with Crippen LogP contribution in [-0.2, 0) is 0 Å². The van der Waals surface area contributed by atoms with Crippen molar-refractivity contribution >= 4 is 43.6 Å². The molecule has 0 aliphatic rings. The zero-order valence-electron chi connectivity index (χ0n) is 33.6. The third-order valence-electron chi connectivity index (χ3n) is 12.0. The van der Waals surface area contributed by atoms with Crippen LogP contribution in [0.3, 0.4) is 0 Å². The van der Waals surface area contributed by atoms with Crippen molar-refractivity contribution in [3.63, 3.8) is 0 Å². The molecule has 12 rings (SSSR count). The summed E-state index contributed by atoms with van der Waals surface area (Å²) in [4.78, 5) is 16.3. The summed E-state index contributed by atoms with van der Waals surface area (Å²) in [5.41, 5.74) is 13.9. The molecule has 0 unspecified atom stereocenters. The van der Waals surface area contributed by atoms with Crippen LogP contribution in [0.25, 0.3) is 111 Å². The first-order valence-corrected chi connectivity index (χ1v) is 21.0. The Kier molecular flexibility index (Phi) is 8.42. The highest BCUT2D eigenvalue weighted by Gasteiger charge is 2.23. The quantitative estimate of drug-likeness (QED) is 0.162. The smallest absolute Gasteiger partial charge is 0.238 e. The molecule has 0 spiro atoms. The van der Waals surface area contributed by atoms with Gasteiger partial charge >= 0.3 is 0 Å². The Morgan fingerprint density at radius 1 is 0.258 bits per heavy atom. The summed E-state index contributed by atoms with van der Waals surface area (Å²) in [7, 11) is 0. The molecular formula is C57H37N5. The summed E-state index contributed by atoms with van der Waals surface area (Å²) in [5.74, 6) is 1.75. The first-order chi connectivity index (χ1) is 30.8. The average molecular weight is 792 g/mol. The minimum atomic E-state index is 0.550. The normalized spacial score (nSPS) is 11.5. The molecule has 12 aromatic rings. The molecule has 0 radical (unpaired) electrons. The Bertz CT molecular complexity index is 3520. The largest absolute Gasteiger partial charge is 0.309 e. The minimum absolute atomic E-state index is 0.550. The Labute approximate surface area is 358 Å². The second-order valence-corrected chi connectivity index (χ2v) is 15.6. The van der Waals surface area contributed by atoms with Gasteiger partial charge in [-0.3, -0.25) is 4.57 Å². The first kappa shape index (κ1) is 35.5. The fraction of sp³-hybridized carbons (Fsp3) is 0. The number of fused-ring (bicyclic) bond motifs is 6. The van der Waals surface area contributed by atoms with Crippen LogP contribution >= 0.6 is 0 Å². The molecule has 0 saturated heterocycles. The average Bonchev–Trinajstić information content (AvgIpc) is 3.85. The number of aromatic nitrogens is 5. The monoisotopic (exact) mass is 791 g/mol. The summed E-state index contributed by atoms with van der Waals surface area (Å²) in [6, 6.07) is 79.1. The maximum atomic E-state index is 5.45. The van der Waals surface area contributed by atoms with Crippen molar-refractivity contribution in [1.29, 1.82) is 0 Å². The molecule has 0 aliphatic heterocycles. The summed E-state index contributed by atoms with van der Waals surface area (Å²) in [5, 5.41) is 4.64. The summed E-state index contributed by atoms with van der Waals surface area (Å²) in [6.07, 6.45) is 0. The minimum Gasteiger partial charge on any atom is -0.309 e. The Morgan fingerprint density at radius 2 is 0.645 bits per heavy atom. The van der Waals surface area contributed by atoms with Gasteiger partial charge in [-0.1, -0.05) is 194 Å². The maximum Gasteiger partial charge on any atom is 0.238 e. The number of para-hydroxylation sites is 3. The highest BCUT2D eigenvalue weighted by atomic mass is 15.2. The Balaban J connectivity index is 1.18. The molecule has 0 aliphatic carbocycles. The molecule has 0 bridgehead atoms. The van der Waals surface area contributed by atoms with Crippen LogP contribution in [0.5, 0.6) is 0 Å². The van der Waals surface area contributed by atoms with E-state index in [1.54, 1.807) is 0 Å². The van der Waals surface area contributed by atoms with Gasteiger partial charge < -0.3 is 4.57 Å². The SMILES string of the molecule is c1ccc(-c2ccccc2-c2nc(-c3ccccc3-c3ccccc3)nc(-n3c4ccccc4c4cc5c6ccccc6n(-c6ccccc6-c6ccccc6)c5cc43)n2)cc1. The van der Waals surface area contributed by atoms with Crippen molar-refractivity contribution in [3.8, 4) is 67.8 Å². The van der Waals surface area contributed by atoms with Crippen molar-refractivity contribution in [1.82, 2.24) is 24.1 Å². The van der Waals surface area contributed by atoms with Gasteiger partial charge in [0, 0.05) is 38.2 Å². The van der Waals surface area contributed by atoms with E-state index in [2.05, 4.69) is 221 Å². The highest BCUT2D eigenvalue weighted by Crippen LogP contribution is 2.42. The lowest BCUT2D eigenvalue weighted by Gasteiger charge is -2.15. The summed E-state index contributed by atoms with van der Waals surface area (Å²) in [6.45, 7) is 0. The Morgan fingerprint density at radius 3 is 1.18 bits per heavy atom. The molecule has 62 heavy (non-hydrogen) atoms. The van der Waals surface area contributed by atoms with Crippen LogP contribution in [0.1, 0.15) is 0 Å². The predicted octanol–water partition coefficient (Wildman–Crippen LogP) is 14.4. The molecule has 3 aromatic heterocycles. The Hall–Kier alpha value is -8.41. The molecular weight excluding hydrogens is 755 g/mol. The molecule has 0 fully saturated rings. The zero-order chi connectivity index (χ0) is 41.0.